The fourth-order valence-corrected chi connectivity index (χ4v) is 1.16. The highest BCUT2D eigenvalue weighted by Crippen LogP contribution is 2.17. The Kier molecular flexibility index (Phi) is 6.24. The Balaban J connectivity index is 0.00000196. The largest absolute Gasteiger partial charge is 0.382 e. The Morgan fingerprint density at radius 3 is 2.67 bits per heavy atom. The number of hydrogen-bond acceptors (Lipinski definition) is 2. The molecule has 3 nitrogen and oxygen atoms in total. The van der Waals surface area contributed by atoms with Gasteiger partial charge in [-0.2, -0.15) is 13.9 Å². The molecule has 0 atom stereocenters. The summed E-state index contributed by atoms with van der Waals surface area (Å²) in [5.41, 5.74) is 1.31. The van der Waals surface area contributed by atoms with E-state index in [9.17, 15) is 8.78 Å². The van der Waals surface area contributed by atoms with Crippen molar-refractivity contribution < 1.29 is 8.78 Å². The zero-order valence-corrected chi connectivity index (χ0v) is 9.65. The normalized spacial score (nSPS) is 10.2. The molecule has 0 aromatic carbocycles. The van der Waals surface area contributed by atoms with E-state index in [0.29, 0.717) is 16.1 Å². The lowest BCUT2D eigenvalue weighted by molar-refractivity contribution is 0.0563. The summed E-state index contributed by atoms with van der Waals surface area (Å²) in [5, 5.41) is 6.77. The van der Waals surface area contributed by atoms with Gasteiger partial charge in [0.05, 0.1) is 17.6 Å². The van der Waals surface area contributed by atoms with E-state index < -0.39 is 6.55 Å². The lowest BCUT2D eigenvalue weighted by atomic mass is 10.3. The minimum absolute atomic E-state index is 0. The van der Waals surface area contributed by atoms with Crippen molar-refractivity contribution in [1.82, 2.24) is 9.78 Å². The molecule has 1 aromatic rings. The van der Waals surface area contributed by atoms with Crippen LogP contribution in [0.5, 0.6) is 0 Å². The predicted octanol–water partition coefficient (Wildman–Crippen LogP) is 3.22. The van der Waals surface area contributed by atoms with Gasteiger partial charge in [-0.25, -0.2) is 4.68 Å². The standard InChI is InChI=1S/C9H15F2N3.ClH/c1-3-4-5-12-8-6-14(9(10)11)13-7(8)2;/h6,9,12H,3-5H2,1-2H3;1H. The summed E-state index contributed by atoms with van der Waals surface area (Å²) in [6.07, 6.45) is 3.45. The van der Waals surface area contributed by atoms with E-state index in [-0.39, 0.29) is 12.4 Å². The molecule has 1 N–H and O–H groups in total. The van der Waals surface area contributed by atoms with Gasteiger partial charge >= 0.3 is 6.55 Å². The minimum atomic E-state index is -2.56. The van der Waals surface area contributed by atoms with E-state index in [2.05, 4.69) is 17.3 Å². The van der Waals surface area contributed by atoms with Crippen LogP contribution in [0.15, 0.2) is 6.20 Å². The molecule has 1 heterocycles. The van der Waals surface area contributed by atoms with Crippen LogP contribution < -0.4 is 5.32 Å². The molecule has 0 radical (unpaired) electrons. The van der Waals surface area contributed by atoms with Crippen molar-refractivity contribution in [2.75, 3.05) is 11.9 Å². The Morgan fingerprint density at radius 2 is 2.20 bits per heavy atom. The van der Waals surface area contributed by atoms with Crippen LogP contribution in [0.4, 0.5) is 14.5 Å². The van der Waals surface area contributed by atoms with E-state index in [0.717, 1.165) is 19.4 Å². The first-order valence-electron chi connectivity index (χ1n) is 4.73. The molecular weight excluding hydrogens is 224 g/mol. The number of nitrogens with zero attached hydrogens (tertiary/aromatic N) is 2. The summed E-state index contributed by atoms with van der Waals surface area (Å²) in [7, 11) is 0. The molecule has 0 bridgehead atoms. The van der Waals surface area contributed by atoms with Crippen LogP contribution in [-0.2, 0) is 0 Å². The summed E-state index contributed by atoms with van der Waals surface area (Å²) in [5.74, 6) is 0. The van der Waals surface area contributed by atoms with Crippen molar-refractivity contribution in [1.29, 1.82) is 0 Å². The van der Waals surface area contributed by atoms with Gasteiger partial charge in [-0.3, -0.25) is 0 Å². The van der Waals surface area contributed by atoms with Gasteiger partial charge in [0.25, 0.3) is 0 Å². The number of rotatable bonds is 5. The molecule has 15 heavy (non-hydrogen) atoms. The third kappa shape index (κ3) is 4.03. The molecule has 0 fully saturated rings. The van der Waals surface area contributed by atoms with E-state index >= 15 is 0 Å². The highest BCUT2D eigenvalue weighted by atomic mass is 35.5. The van der Waals surface area contributed by atoms with E-state index in [1.54, 1.807) is 6.92 Å². The van der Waals surface area contributed by atoms with Crippen LogP contribution in [-0.4, -0.2) is 16.3 Å². The monoisotopic (exact) mass is 239 g/mol. The highest BCUT2D eigenvalue weighted by molar-refractivity contribution is 5.85. The maximum atomic E-state index is 12.2. The van der Waals surface area contributed by atoms with Gasteiger partial charge in [0.2, 0.25) is 0 Å². The van der Waals surface area contributed by atoms with Crippen molar-refractivity contribution in [2.24, 2.45) is 0 Å². The highest BCUT2D eigenvalue weighted by Gasteiger charge is 2.10. The molecular formula is C9H16ClF2N3. The van der Waals surface area contributed by atoms with Gasteiger partial charge in [0, 0.05) is 6.54 Å². The number of anilines is 1. The van der Waals surface area contributed by atoms with Gasteiger partial charge in [-0.05, 0) is 13.3 Å². The van der Waals surface area contributed by atoms with E-state index in [1.165, 1.54) is 6.20 Å². The summed E-state index contributed by atoms with van der Waals surface area (Å²) in [6, 6.07) is 0. The van der Waals surface area contributed by atoms with Gasteiger partial charge in [0.1, 0.15) is 0 Å². The van der Waals surface area contributed by atoms with Crippen LogP contribution >= 0.6 is 12.4 Å². The molecule has 0 aliphatic rings. The smallest absolute Gasteiger partial charge is 0.333 e. The SMILES string of the molecule is CCCCNc1cn(C(F)F)nc1C.Cl. The first-order chi connectivity index (χ1) is 6.65. The third-order valence-electron chi connectivity index (χ3n) is 1.96. The van der Waals surface area contributed by atoms with Gasteiger partial charge in [0.15, 0.2) is 0 Å². The number of aromatic nitrogens is 2. The maximum absolute atomic E-state index is 12.2. The molecule has 1 aromatic heterocycles. The summed E-state index contributed by atoms with van der Waals surface area (Å²) in [6.45, 7) is 2.03. The van der Waals surface area contributed by atoms with E-state index in [1.807, 2.05) is 0 Å². The number of unbranched alkanes of at least 4 members (excludes halogenated alkanes) is 1. The summed E-state index contributed by atoms with van der Waals surface area (Å²) in [4.78, 5) is 0. The maximum Gasteiger partial charge on any atom is 0.333 e. The van der Waals surface area contributed by atoms with Crippen LogP contribution in [0.25, 0.3) is 0 Å². The van der Waals surface area contributed by atoms with Crippen LogP contribution in [0.3, 0.4) is 0 Å². The van der Waals surface area contributed by atoms with Crippen molar-refractivity contribution in [3.05, 3.63) is 11.9 Å². The molecule has 6 heteroatoms. The van der Waals surface area contributed by atoms with E-state index in [4.69, 9.17) is 0 Å². The lowest BCUT2D eigenvalue weighted by Crippen LogP contribution is -2.00. The zero-order chi connectivity index (χ0) is 10.6. The third-order valence-corrected chi connectivity index (χ3v) is 1.96. The number of alkyl halides is 2. The van der Waals surface area contributed by atoms with Gasteiger partial charge < -0.3 is 5.32 Å². The average Bonchev–Trinajstić information content (AvgIpc) is 2.49. The number of hydrogen-bond donors (Lipinski definition) is 1. The van der Waals surface area contributed by atoms with Crippen LogP contribution in [0.2, 0.25) is 0 Å². The van der Waals surface area contributed by atoms with Gasteiger partial charge in [-0.15, -0.1) is 12.4 Å². The number of nitrogens with one attached hydrogen (secondary N) is 1. The zero-order valence-electron chi connectivity index (χ0n) is 8.83. The second-order valence-electron chi connectivity index (χ2n) is 3.17. The Labute approximate surface area is 94.3 Å². The molecule has 0 unspecified atom stereocenters. The summed E-state index contributed by atoms with van der Waals surface area (Å²) < 4.78 is 25.1. The second-order valence-corrected chi connectivity index (χ2v) is 3.17. The quantitative estimate of drug-likeness (QED) is 0.800. The number of aryl methyl sites for hydroxylation is 1. The lowest BCUT2D eigenvalue weighted by Gasteiger charge is -2.01. The Hall–Kier alpha value is -0.840. The first-order valence-corrected chi connectivity index (χ1v) is 4.73. The molecule has 0 aliphatic carbocycles. The fraction of sp³-hybridized carbons (Fsp3) is 0.667. The van der Waals surface area contributed by atoms with Crippen molar-refractivity contribution in [2.45, 2.75) is 33.2 Å². The molecule has 0 aliphatic heterocycles. The Morgan fingerprint density at radius 1 is 1.53 bits per heavy atom. The van der Waals surface area contributed by atoms with Crippen LogP contribution in [0.1, 0.15) is 32.0 Å². The van der Waals surface area contributed by atoms with Crippen molar-refractivity contribution in [3.63, 3.8) is 0 Å². The fourth-order valence-electron chi connectivity index (χ4n) is 1.16. The topological polar surface area (TPSA) is 29.9 Å². The molecule has 0 spiro atoms. The van der Waals surface area contributed by atoms with Crippen LogP contribution in [0, 0.1) is 6.92 Å². The first kappa shape index (κ1) is 14.2. The summed E-state index contributed by atoms with van der Waals surface area (Å²) >= 11 is 0. The number of halogens is 3. The Bertz CT molecular complexity index is 289. The molecule has 0 saturated heterocycles. The van der Waals surface area contributed by atoms with Crippen molar-refractivity contribution in [3.8, 4) is 0 Å². The minimum Gasteiger partial charge on any atom is -0.382 e. The van der Waals surface area contributed by atoms with Crippen molar-refractivity contribution >= 4 is 18.1 Å². The second kappa shape index (κ2) is 6.61. The molecule has 1 rings (SSSR count). The average molecular weight is 240 g/mol. The molecule has 0 amide bonds. The predicted molar refractivity (Wildman–Crippen MR) is 58.9 cm³/mol. The van der Waals surface area contributed by atoms with Gasteiger partial charge in [-0.1, -0.05) is 13.3 Å². The molecule has 0 saturated carbocycles. The molecule has 88 valence electrons.